The van der Waals surface area contributed by atoms with Crippen LogP contribution in [0.2, 0.25) is 0 Å². The van der Waals surface area contributed by atoms with Gasteiger partial charge in [-0.1, -0.05) is 12.1 Å². The van der Waals surface area contributed by atoms with Crippen molar-refractivity contribution >= 4 is 5.82 Å². The summed E-state index contributed by atoms with van der Waals surface area (Å²) in [6.45, 7) is 9.02. The summed E-state index contributed by atoms with van der Waals surface area (Å²) in [4.78, 5) is 15.1. The van der Waals surface area contributed by atoms with Crippen LogP contribution in [-0.2, 0) is 11.2 Å². The second-order valence-corrected chi connectivity index (χ2v) is 10.8. The van der Waals surface area contributed by atoms with Crippen LogP contribution in [0, 0.1) is 18.3 Å². The molecule has 1 spiro atoms. The molecular weight excluding hydrogens is 442 g/mol. The Morgan fingerprint density at radius 2 is 2.14 bits per heavy atom. The average Bonchev–Trinajstić information content (AvgIpc) is 3.50. The predicted octanol–water partition coefficient (Wildman–Crippen LogP) is 2.13. The minimum absolute atomic E-state index is 0.238. The van der Waals surface area contributed by atoms with E-state index in [-0.39, 0.29) is 6.61 Å². The average molecular weight is 482 g/mol. The van der Waals surface area contributed by atoms with Crippen LogP contribution in [0.5, 0.6) is 5.75 Å². The third-order valence-corrected chi connectivity index (χ3v) is 7.65. The molecule has 2 aromatic rings. The van der Waals surface area contributed by atoms with Crippen LogP contribution >= 0.6 is 0 Å². The first kappa shape index (κ1) is 24.4. The van der Waals surface area contributed by atoms with E-state index in [0.717, 1.165) is 62.0 Å². The summed E-state index contributed by atoms with van der Waals surface area (Å²) in [5, 5.41) is 13.0. The predicted molar refractivity (Wildman–Crippen MR) is 137 cm³/mol. The van der Waals surface area contributed by atoms with Gasteiger partial charge in [-0.3, -0.25) is 0 Å². The highest BCUT2D eigenvalue weighted by Gasteiger charge is 2.46. The van der Waals surface area contributed by atoms with Gasteiger partial charge in [-0.2, -0.15) is 0 Å². The molecule has 8 nitrogen and oxygen atoms in total. The van der Waals surface area contributed by atoms with Crippen molar-refractivity contribution in [3.63, 3.8) is 0 Å². The SMILES string of the molecule is CNCC(O)COc1cccc(-c2nc(C[C@@H]3CCOC3)c(C)c(N3CCC4(CN(C)C4)C3)n2)c1. The van der Waals surface area contributed by atoms with Gasteiger partial charge in [-0.15, -0.1) is 0 Å². The highest BCUT2D eigenvalue weighted by atomic mass is 16.5. The van der Waals surface area contributed by atoms with E-state index in [2.05, 4.69) is 29.1 Å². The van der Waals surface area contributed by atoms with E-state index < -0.39 is 6.10 Å². The molecule has 8 heteroatoms. The molecule has 4 heterocycles. The zero-order valence-electron chi connectivity index (χ0n) is 21.3. The molecule has 5 rings (SSSR count). The first-order valence-corrected chi connectivity index (χ1v) is 12.9. The maximum Gasteiger partial charge on any atom is 0.161 e. The van der Waals surface area contributed by atoms with Crippen LogP contribution in [0.15, 0.2) is 24.3 Å². The van der Waals surface area contributed by atoms with Gasteiger partial charge in [0.05, 0.1) is 0 Å². The molecule has 0 aliphatic carbocycles. The summed E-state index contributed by atoms with van der Waals surface area (Å²) in [5.41, 5.74) is 3.68. The Kier molecular flexibility index (Phi) is 7.25. The van der Waals surface area contributed by atoms with Gasteiger partial charge in [-0.05, 0) is 58.3 Å². The smallest absolute Gasteiger partial charge is 0.161 e. The van der Waals surface area contributed by atoms with Crippen molar-refractivity contribution in [1.29, 1.82) is 0 Å². The number of nitrogens with one attached hydrogen (secondary N) is 1. The van der Waals surface area contributed by atoms with Gasteiger partial charge in [-0.25, -0.2) is 9.97 Å². The van der Waals surface area contributed by atoms with Gasteiger partial charge in [0.25, 0.3) is 0 Å². The van der Waals surface area contributed by atoms with Crippen LogP contribution in [0.25, 0.3) is 11.4 Å². The Morgan fingerprint density at radius 1 is 1.29 bits per heavy atom. The van der Waals surface area contributed by atoms with E-state index in [4.69, 9.17) is 19.4 Å². The first-order valence-electron chi connectivity index (χ1n) is 12.9. The number of aromatic nitrogens is 2. The molecule has 190 valence electrons. The van der Waals surface area contributed by atoms with E-state index in [1.165, 1.54) is 25.1 Å². The van der Waals surface area contributed by atoms with E-state index >= 15 is 0 Å². The molecular formula is C27H39N5O3. The van der Waals surface area contributed by atoms with Crippen LogP contribution < -0.4 is 15.0 Å². The van der Waals surface area contributed by atoms with E-state index in [0.29, 0.717) is 23.6 Å². The Balaban J connectivity index is 1.43. The topological polar surface area (TPSA) is 83.0 Å². The van der Waals surface area contributed by atoms with Gasteiger partial charge in [0.15, 0.2) is 5.82 Å². The van der Waals surface area contributed by atoms with Crippen LogP contribution in [0.3, 0.4) is 0 Å². The molecule has 0 bridgehead atoms. The molecule has 35 heavy (non-hydrogen) atoms. The van der Waals surface area contributed by atoms with Crippen molar-refractivity contribution in [2.45, 2.75) is 32.3 Å². The fourth-order valence-corrected chi connectivity index (χ4v) is 5.89. The normalized spacial score (nSPS) is 22.5. The van der Waals surface area contributed by atoms with Crippen molar-refractivity contribution < 1.29 is 14.6 Å². The zero-order valence-corrected chi connectivity index (χ0v) is 21.3. The van der Waals surface area contributed by atoms with Crippen molar-refractivity contribution in [3.05, 3.63) is 35.5 Å². The Bertz CT molecular complexity index is 1020. The number of hydrogen-bond donors (Lipinski definition) is 2. The number of rotatable bonds is 9. The lowest BCUT2D eigenvalue weighted by Crippen LogP contribution is -2.55. The van der Waals surface area contributed by atoms with Crippen molar-refractivity contribution in [3.8, 4) is 17.1 Å². The zero-order chi connectivity index (χ0) is 24.4. The number of hydrogen-bond acceptors (Lipinski definition) is 8. The molecule has 3 aliphatic heterocycles. The molecule has 3 saturated heterocycles. The lowest BCUT2D eigenvalue weighted by atomic mass is 9.79. The quantitative estimate of drug-likeness (QED) is 0.564. The third kappa shape index (κ3) is 5.45. The minimum Gasteiger partial charge on any atom is -0.491 e. The van der Waals surface area contributed by atoms with Crippen molar-refractivity contribution in [2.24, 2.45) is 11.3 Å². The summed E-state index contributed by atoms with van der Waals surface area (Å²) < 4.78 is 11.5. The molecule has 0 saturated carbocycles. The molecule has 1 aromatic carbocycles. The molecule has 2 N–H and O–H groups in total. The molecule has 3 fully saturated rings. The van der Waals surface area contributed by atoms with Gasteiger partial charge in [0.2, 0.25) is 0 Å². The number of likely N-dealkylation sites (N-methyl/N-ethyl adjacent to an activating group) is 1. The molecule has 3 aliphatic rings. The number of likely N-dealkylation sites (tertiary alicyclic amines) is 1. The fourth-order valence-electron chi connectivity index (χ4n) is 5.89. The largest absolute Gasteiger partial charge is 0.491 e. The maximum absolute atomic E-state index is 10.0. The number of aliphatic hydroxyl groups excluding tert-OH is 1. The number of benzene rings is 1. The number of anilines is 1. The lowest BCUT2D eigenvalue weighted by Gasteiger charge is -2.46. The highest BCUT2D eigenvalue weighted by molar-refractivity contribution is 5.62. The second kappa shape index (κ2) is 10.4. The van der Waals surface area contributed by atoms with E-state index in [1.807, 2.05) is 31.3 Å². The number of nitrogens with zero attached hydrogens (tertiary/aromatic N) is 4. The van der Waals surface area contributed by atoms with Crippen LogP contribution in [0.4, 0.5) is 5.82 Å². The Morgan fingerprint density at radius 3 is 2.89 bits per heavy atom. The third-order valence-electron chi connectivity index (χ3n) is 7.65. The molecule has 2 atom stereocenters. The van der Waals surface area contributed by atoms with Crippen molar-refractivity contribution in [2.75, 3.05) is 71.5 Å². The number of aliphatic hydroxyl groups is 1. The molecule has 0 amide bonds. The van der Waals surface area contributed by atoms with Crippen LogP contribution in [-0.4, -0.2) is 92.7 Å². The van der Waals surface area contributed by atoms with E-state index in [9.17, 15) is 5.11 Å². The van der Waals surface area contributed by atoms with Crippen LogP contribution in [0.1, 0.15) is 24.1 Å². The van der Waals surface area contributed by atoms with Crippen molar-refractivity contribution in [1.82, 2.24) is 20.2 Å². The van der Waals surface area contributed by atoms with Gasteiger partial charge in [0, 0.05) is 68.2 Å². The minimum atomic E-state index is -0.556. The standard InChI is InChI=1S/C27H39N5O3/c1-19-24(11-20-7-10-34-14-20)29-25(21-5-4-6-23(12-21)35-15-22(33)13-28-2)30-26(19)32-9-8-27(18-32)16-31(3)17-27/h4-6,12,20,22,28,33H,7-11,13-18H2,1-3H3/t20-,22?/m0/s1. The number of ether oxygens (including phenoxy) is 2. The summed E-state index contributed by atoms with van der Waals surface area (Å²) in [7, 11) is 4.02. The molecule has 0 radical (unpaired) electrons. The maximum atomic E-state index is 10.0. The van der Waals surface area contributed by atoms with Gasteiger partial charge in [0.1, 0.15) is 24.3 Å². The lowest BCUT2D eigenvalue weighted by molar-refractivity contribution is 0.0424. The Hall–Kier alpha value is -2.26. The van der Waals surface area contributed by atoms with Gasteiger partial charge < -0.3 is 29.7 Å². The van der Waals surface area contributed by atoms with Gasteiger partial charge >= 0.3 is 0 Å². The molecule has 1 aromatic heterocycles. The summed E-state index contributed by atoms with van der Waals surface area (Å²) in [5.74, 6) is 3.04. The summed E-state index contributed by atoms with van der Waals surface area (Å²) >= 11 is 0. The highest BCUT2D eigenvalue weighted by Crippen LogP contribution is 2.41. The van der Waals surface area contributed by atoms with E-state index in [1.54, 1.807) is 0 Å². The second-order valence-electron chi connectivity index (χ2n) is 10.8. The first-order chi connectivity index (χ1) is 16.9. The summed E-state index contributed by atoms with van der Waals surface area (Å²) in [6, 6.07) is 7.91. The summed E-state index contributed by atoms with van der Waals surface area (Å²) in [6.07, 6.45) is 2.67. The monoisotopic (exact) mass is 481 g/mol. The Labute approximate surface area is 208 Å². The fraction of sp³-hybridized carbons (Fsp3) is 0.630. The molecule has 1 unspecified atom stereocenters.